The number of piperidine rings is 1. The Morgan fingerprint density at radius 3 is 2.52 bits per heavy atom. The summed E-state index contributed by atoms with van der Waals surface area (Å²) in [5.74, 6) is -0.995. The Morgan fingerprint density at radius 1 is 1.32 bits per heavy atom. The first-order valence-electron chi connectivity index (χ1n) is 8.29. The van der Waals surface area contributed by atoms with Crippen molar-refractivity contribution in [2.24, 2.45) is 0 Å². The van der Waals surface area contributed by atoms with Gasteiger partial charge in [0.2, 0.25) is 0 Å². The smallest absolute Gasteiger partial charge is 0.338 e. The molecule has 25 heavy (non-hydrogen) atoms. The number of esters is 1. The lowest BCUT2D eigenvalue weighted by molar-refractivity contribution is -0.384. The molecule has 1 amide bonds. The van der Waals surface area contributed by atoms with Crippen molar-refractivity contribution in [3.8, 4) is 0 Å². The molecule has 1 N–H and O–H groups in total. The molecule has 1 fully saturated rings. The van der Waals surface area contributed by atoms with Gasteiger partial charge >= 0.3 is 5.97 Å². The average molecular weight is 349 g/mol. The Balaban J connectivity index is 2.03. The van der Waals surface area contributed by atoms with Crippen LogP contribution in [0.2, 0.25) is 0 Å². The molecule has 0 radical (unpaired) electrons. The molecule has 0 aromatic heterocycles. The fourth-order valence-corrected chi connectivity index (χ4v) is 3.22. The molecule has 2 rings (SSSR count). The second-order valence-corrected chi connectivity index (χ2v) is 6.25. The highest BCUT2D eigenvalue weighted by atomic mass is 16.6. The zero-order chi connectivity index (χ0) is 18.6. The lowest BCUT2D eigenvalue weighted by atomic mass is 9.97. The van der Waals surface area contributed by atoms with Gasteiger partial charge < -0.3 is 15.0 Å². The van der Waals surface area contributed by atoms with Gasteiger partial charge in [-0.25, -0.2) is 4.79 Å². The fraction of sp³-hybridized carbons (Fsp3) is 0.529. The molecule has 0 aliphatic carbocycles. The number of nitro groups is 1. The largest absolute Gasteiger partial charge is 0.452 e. The van der Waals surface area contributed by atoms with Crippen LogP contribution in [0.3, 0.4) is 0 Å². The number of anilines is 1. The minimum absolute atomic E-state index is 0.0400. The number of hydrogen-bond donors (Lipinski definition) is 1. The van der Waals surface area contributed by atoms with Gasteiger partial charge in [0.1, 0.15) is 5.69 Å². The number of nitrogens with one attached hydrogen (secondary N) is 1. The Hall–Kier alpha value is -2.64. The van der Waals surface area contributed by atoms with Crippen molar-refractivity contribution in [3.63, 3.8) is 0 Å². The summed E-state index contributed by atoms with van der Waals surface area (Å²) in [5.41, 5.74) is 0.119. The highest BCUT2D eigenvalue weighted by Gasteiger charge is 2.29. The quantitative estimate of drug-likeness (QED) is 0.498. The predicted octanol–water partition coefficient (Wildman–Crippen LogP) is 2.58. The molecule has 8 nitrogen and oxygen atoms in total. The van der Waals surface area contributed by atoms with Crippen LogP contribution in [0.5, 0.6) is 0 Å². The minimum Gasteiger partial charge on any atom is -0.452 e. The van der Waals surface area contributed by atoms with E-state index in [4.69, 9.17) is 4.74 Å². The van der Waals surface area contributed by atoms with Crippen molar-refractivity contribution in [2.75, 3.05) is 19.0 Å². The molecule has 1 saturated heterocycles. The maximum Gasteiger partial charge on any atom is 0.338 e. The summed E-state index contributed by atoms with van der Waals surface area (Å²) >= 11 is 0. The summed E-state index contributed by atoms with van der Waals surface area (Å²) in [6.07, 6.45) is 2.94. The zero-order valence-electron chi connectivity index (χ0n) is 14.7. The molecule has 2 atom stereocenters. The first-order valence-corrected chi connectivity index (χ1v) is 8.29. The standard InChI is InChI=1S/C17H23N3O5/c1-11-5-4-6-12(2)19(11)16(21)10-25-17(22)13-7-8-14(18-3)15(9-13)20(23)24/h7-9,11-12,18H,4-6,10H2,1-3H3/t11-,12-/m0/s1. The van der Waals surface area contributed by atoms with Crippen LogP contribution < -0.4 is 5.32 Å². The summed E-state index contributed by atoms with van der Waals surface area (Å²) in [6, 6.07) is 4.24. The fourth-order valence-electron chi connectivity index (χ4n) is 3.22. The number of carbonyl (C=O) groups excluding carboxylic acids is 2. The van der Waals surface area contributed by atoms with Crippen molar-refractivity contribution in [3.05, 3.63) is 33.9 Å². The molecular weight excluding hydrogens is 326 g/mol. The van der Waals surface area contributed by atoms with Gasteiger partial charge in [0.25, 0.3) is 11.6 Å². The van der Waals surface area contributed by atoms with E-state index in [1.165, 1.54) is 12.1 Å². The van der Waals surface area contributed by atoms with Gasteiger partial charge in [0.05, 0.1) is 10.5 Å². The molecule has 1 aromatic carbocycles. The van der Waals surface area contributed by atoms with Crippen molar-refractivity contribution in [2.45, 2.75) is 45.2 Å². The Bertz CT molecular complexity index is 666. The van der Waals surface area contributed by atoms with Crippen molar-refractivity contribution in [1.29, 1.82) is 0 Å². The van der Waals surface area contributed by atoms with E-state index in [0.29, 0.717) is 5.69 Å². The lowest BCUT2D eigenvalue weighted by Crippen LogP contribution is -2.49. The number of hydrogen-bond acceptors (Lipinski definition) is 6. The molecular formula is C17H23N3O5. The van der Waals surface area contributed by atoms with Crippen LogP contribution in [0.4, 0.5) is 11.4 Å². The maximum atomic E-state index is 12.4. The van der Waals surface area contributed by atoms with Crippen LogP contribution in [0.15, 0.2) is 18.2 Å². The average Bonchev–Trinajstić information content (AvgIpc) is 2.58. The van der Waals surface area contributed by atoms with Gasteiger partial charge in [0.15, 0.2) is 6.61 Å². The second kappa shape index (κ2) is 7.96. The molecule has 0 saturated carbocycles. The lowest BCUT2D eigenvalue weighted by Gasteiger charge is -2.38. The number of benzene rings is 1. The number of likely N-dealkylation sites (tertiary alicyclic amines) is 1. The van der Waals surface area contributed by atoms with Gasteiger partial charge in [-0.15, -0.1) is 0 Å². The van der Waals surface area contributed by atoms with E-state index in [9.17, 15) is 19.7 Å². The SMILES string of the molecule is CNc1ccc(C(=O)OCC(=O)N2[C@@H](C)CCC[C@@H]2C)cc1[N+](=O)[O-]. The van der Waals surface area contributed by atoms with Gasteiger partial charge in [-0.3, -0.25) is 14.9 Å². The van der Waals surface area contributed by atoms with E-state index < -0.39 is 10.9 Å². The van der Waals surface area contributed by atoms with Crippen LogP contribution in [-0.4, -0.2) is 47.4 Å². The summed E-state index contributed by atoms with van der Waals surface area (Å²) in [6.45, 7) is 3.60. The third kappa shape index (κ3) is 4.26. The second-order valence-electron chi connectivity index (χ2n) is 6.25. The first-order chi connectivity index (χ1) is 11.8. The van der Waals surface area contributed by atoms with Crippen LogP contribution in [0.25, 0.3) is 0 Å². The molecule has 136 valence electrons. The Kier molecular flexibility index (Phi) is 5.95. The van der Waals surface area contributed by atoms with Crippen LogP contribution in [0.1, 0.15) is 43.5 Å². The predicted molar refractivity (Wildman–Crippen MR) is 92.5 cm³/mol. The van der Waals surface area contributed by atoms with Gasteiger partial charge in [-0.1, -0.05) is 0 Å². The van der Waals surface area contributed by atoms with Gasteiger partial charge in [0, 0.05) is 25.2 Å². The summed E-state index contributed by atoms with van der Waals surface area (Å²) in [5, 5.41) is 13.7. The van der Waals surface area contributed by atoms with Crippen LogP contribution >= 0.6 is 0 Å². The summed E-state index contributed by atoms with van der Waals surface area (Å²) in [4.78, 5) is 36.7. The van der Waals surface area contributed by atoms with E-state index in [1.54, 1.807) is 11.9 Å². The summed E-state index contributed by atoms with van der Waals surface area (Å²) < 4.78 is 5.07. The highest BCUT2D eigenvalue weighted by molar-refractivity contribution is 5.93. The van der Waals surface area contributed by atoms with Crippen LogP contribution in [-0.2, 0) is 9.53 Å². The number of nitrogens with zero attached hydrogens (tertiary/aromatic N) is 2. The van der Waals surface area contributed by atoms with E-state index in [1.807, 2.05) is 13.8 Å². The molecule has 1 heterocycles. The number of nitro benzene ring substituents is 1. The first kappa shape index (κ1) is 18.7. The van der Waals surface area contributed by atoms with Crippen molar-refractivity contribution >= 4 is 23.3 Å². The molecule has 1 aromatic rings. The number of ether oxygens (including phenoxy) is 1. The minimum atomic E-state index is -0.753. The molecule has 1 aliphatic heterocycles. The normalized spacial score (nSPS) is 20.0. The molecule has 1 aliphatic rings. The van der Waals surface area contributed by atoms with E-state index in [2.05, 4.69) is 5.32 Å². The van der Waals surface area contributed by atoms with Gasteiger partial charge in [-0.05, 0) is 45.2 Å². The zero-order valence-corrected chi connectivity index (χ0v) is 14.7. The molecule has 0 spiro atoms. The molecule has 0 unspecified atom stereocenters. The number of amides is 1. The summed E-state index contributed by atoms with van der Waals surface area (Å²) in [7, 11) is 1.56. The Morgan fingerprint density at radius 2 is 1.96 bits per heavy atom. The number of carbonyl (C=O) groups is 2. The van der Waals surface area contributed by atoms with Crippen molar-refractivity contribution < 1.29 is 19.2 Å². The van der Waals surface area contributed by atoms with Gasteiger partial charge in [-0.2, -0.15) is 0 Å². The van der Waals surface area contributed by atoms with Crippen LogP contribution in [0, 0.1) is 10.1 Å². The highest BCUT2D eigenvalue weighted by Crippen LogP contribution is 2.26. The number of rotatable bonds is 5. The van der Waals surface area contributed by atoms with Crippen molar-refractivity contribution in [1.82, 2.24) is 4.90 Å². The van der Waals surface area contributed by atoms with E-state index >= 15 is 0 Å². The third-order valence-corrected chi connectivity index (χ3v) is 4.51. The molecule has 8 heteroatoms. The Labute approximate surface area is 146 Å². The third-order valence-electron chi connectivity index (χ3n) is 4.51. The molecule has 0 bridgehead atoms. The van der Waals surface area contributed by atoms with E-state index in [-0.39, 0.29) is 35.8 Å². The topological polar surface area (TPSA) is 102 Å². The monoisotopic (exact) mass is 349 g/mol. The van der Waals surface area contributed by atoms with E-state index in [0.717, 1.165) is 25.3 Å². The maximum absolute atomic E-state index is 12.4.